The second kappa shape index (κ2) is 7.05. The average molecular weight is 300 g/mol. The third-order valence-corrected chi connectivity index (χ3v) is 5.74. The maximum absolute atomic E-state index is 13.4. The third kappa shape index (κ3) is 3.93. The van der Waals surface area contributed by atoms with E-state index in [1.807, 2.05) is 60.7 Å². The van der Waals surface area contributed by atoms with Crippen LogP contribution in [0.1, 0.15) is 6.92 Å². The summed E-state index contributed by atoms with van der Waals surface area (Å²) < 4.78 is 18.3. The molecule has 0 amide bonds. The van der Waals surface area contributed by atoms with Gasteiger partial charge in [-0.15, -0.1) is 0 Å². The minimum atomic E-state index is -2.86. The number of hydrogen-bond donors (Lipinski definition) is 0. The second-order valence-corrected chi connectivity index (χ2v) is 7.16. The largest absolute Gasteiger partial charge is 0.462 e. The van der Waals surface area contributed by atoms with Gasteiger partial charge in [-0.3, -0.25) is 4.79 Å². The molecule has 0 saturated heterocycles. The van der Waals surface area contributed by atoms with Crippen molar-refractivity contribution in [1.29, 1.82) is 0 Å². The summed E-state index contributed by atoms with van der Waals surface area (Å²) in [7, 11) is -2.86. The van der Waals surface area contributed by atoms with E-state index in [-0.39, 0.29) is 12.6 Å². The molecular weight excluding hydrogens is 283 g/mol. The molecule has 0 radical (unpaired) electrons. The Morgan fingerprint density at radius 1 is 1.00 bits per heavy atom. The van der Waals surface area contributed by atoms with Crippen molar-refractivity contribution in [3.8, 4) is 0 Å². The van der Waals surface area contributed by atoms with E-state index in [2.05, 4.69) is 0 Å². The van der Waals surface area contributed by atoms with Gasteiger partial charge < -0.3 is 9.30 Å². The number of hydrogen-bond acceptors (Lipinski definition) is 3. The topological polar surface area (TPSA) is 43.4 Å². The molecule has 4 heteroatoms. The zero-order valence-corrected chi connectivity index (χ0v) is 12.7. The highest BCUT2D eigenvalue weighted by atomic mass is 31.2. The molecule has 0 aromatic heterocycles. The van der Waals surface area contributed by atoms with Gasteiger partial charge in [0, 0.05) is 17.5 Å². The fourth-order valence-corrected chi connectivity index (χ4v) is 4.23. The molecule has 0 heterocycles. The Labute approximate surface area is 124 Å². The molecule has 21 heavy (non-hydrogen) atoms. The van der Waals surface area contributed by atoms with Gasteiger partial charge in [-0.05, 0) is 11.9 Å². The van der Waals surface area contributed by atoms with E-state index >= 15 is 0 Å². The predicted molar refractivity (Wildman–Crippen MR) is 85.5 cm³/mol. The molecule has 0 spiro atoms. The van der Waals surface area contributed by atoms with Gasteiger partial charge in [-0.1, -0.05) is 60.7 Å². The van der Waals surface area contributed by atoms with Gasteiger partial charge in [0.05, 0.1) is 0 Å². The normalized spacial score (nSPS) is 11.5. The predicted octanol–water partition coefficient (Wildman–Crippen LogP) is 3.08. The number of ether oxygens (including phenoxy) is 1. The molecule has 108 valence electrons. The standard InChI is InChI=1S/C17H17O3P/c1-15(18)20-13-8-14-21(19,16-9-4-2-5-10-16)17-11-6-3-7-12-17/h2-12,14H,13H2,1H3/b14-8+. The molecule has 0 aliphatic carbocycles. The van der Waals surface area contributed by atoms with Gasteiger partial charge in [-0.25, -0.2) is 0 Å². The first kappa shape index (κ1) is 15.3. The maximum Gasteiger partial charge on any atom is 0.302 e. The highest BCUT2D eigenvalue weighted by Crippen LogP contribution is 2.44. The van der Waals surface area contributed by atoms with Crippen LogP contribution in [-0.4, -0.2) is 12.6 Å². The van der Waals surface area contributed by atoms with Gasteiger partial charge in [0.25, 0.3) is 0 Å². The molecule has 2 rings (SSSR count). The summed E-state index contributed by atoms with van der Waals surface area (Å²) in [5.41, 5.74) is 0. The number of benzene rings is 2. The van der Waals surface area contributed by atoms with Gasteiger partial charge in [-0.2, -0.15) is 0 Å². The lowest BCUT2D eigenvalue weighted by Gasteiger charge is -2.15. The second-order valence-electron chi connectivity index (χ2n) is 4.52. The lowest BCUT2D eigenvalue weighted by Crippen LogP contribution is -2.14. The van der Waals surface area contributed by atoms with E-state index in [1.54, 1.807) is 11.9 Å². The molecule has 0 bridgehead atoms. The van der Waals surface area contributed by atoms with Gasteiger partial charge in [0.2, 0.25) is 0 Å². The van der Waals surface area contributed by atoms with E-state index in [0.717, 1.165) is 10.6 Å². The highest BCUT2D eigenvalue weighted by Gasteiger charge is 2.23. The Morgan fingerprint density at radius 3 is 1.90 bits per heavy atom. The van der Waals surface area contributed by atoms with E-state index in [9.17, 15) is 9.36 Å². The van der Waals surface area contributed by atoms with Crippen LogP contribution in [0.5, 0.6) is 0 Å². The number of carbonyl (C=O) groups is 1. The monoisotopic (exact) mass is 300 g/mol. The minimum Gasteiger partial charge on any atom is -0.462 e. The maximum atomic E-state index is 13.4. The summed E-state index contributed by atoms with van der Waals surface area (Å²) in [6, 6.07) is 18.6. The van der Waals surface area contributed by atoms with E-state index in [4.69, 9.17) is 4.74 Å². The summed E-state index contributed by atoms with van der Waals surface area (Å²) in [5.74, 6) is 1.30. The molecule has 0 unspecified atom stereocenters. The van der Waals surface area contributed by atoms with Crippen molar-refractivity contribution in [2.24, 2.45) is 0 Å². The van der Waals surface area contributed by atoms with Crippen molar-refractivity contribution >= 4 is 23.7 Å². The van der Waals surface area contributed by atoms with Crippen LogP contribution in [0.4, 0.5) is 0 Å². The molecule has 2 aromatic carbocycles. The molecule has 0 fully saturated rings. The summed E-state index contributed by atoms with van der Waals surface area (Å²) >= 11 is 0. The number of esters is 1. The summed E-state index contributed by atoms with van der Waals surface area (Å²) in [6.45, 7) is 1.47. The Hall–Kier alpha value is -2.12. The molecule has 0 aliphatic heterocycles. The van der Waals surface area contributed by atoms with Crippen molar-refractivity contribution in [2.45, 2.75) is 6.92 Å². The minimum absolute atomic E-state index is 0.124. The molecule has 2 aromatic rings. The quantitative estimate of drug-likeness (QED) is 0.629. The Balaban J connectivity index is 2.36. The number of carbonyl (C=O) groups excluding carboxylic acids is 1. The van der Waals surface area contributed by atoms with Crippen LogP contribution in [0, 0.1) is 0 Å². The van der Waals surface area contributed by atoms with Crippen molar-refractivity contribution in [2.75, 3.05) is 6.61 Å². The Kier molecular flexibility index (Phi) is 5.13. The molecule has 0 aliphatic rings. The van der Waals surface area contributed by atoms with Crippen LogP contribution >= 0.6 is 7.14 Å². The van der Waals surface area contributed by atoms with E-state index in [1.165, 1.54) is 6.92 Å². The first-order chi connectivity index (χ1) is 10.1. The number of rotatable bonds is 5. The lowest BCUT2D eigenvalue weighted by molar-refractivity contribution is -0.139. The van der Waals surface area contributed by atoms with E-state index in [0.29, 0.717) is 0 Å². The fraction of sp³-hybridized carbons (Fsp3) is 0.118. The molecule has 3 nitrogen and oxygen atoms in total. The smallest absolute Gasteiger partial charge is 0.302 e. The van der Waals surface area contributed by atoms with Crippen LogP contribution in [-0.2, 0) is 14.1 Å². The van der Waals surface area contributed by atoms with Crippen molar-refractivity contribution in [1.82, 2.24) is 0 Å². The zero-order chi connectivity index (χ0) is 15.1. The van der Waals surface area contributed by atoms with Crippen LogP contribution in [0.15, 0.2) is 72.6 Å². The van der Waals surface area contributed by atoms with Crippen LogP contribution < -0.4 is 10.6 Å². The van der Waals surface area contributed by atoms with Crippen molar-refractivity contribution < 1.29 is 14.1 Å². The van der Waals surface area contributed by atoms with Crippen molar-refractivity contribution in [3.05, 3.63) is 72.6 Å². The molecule has 0 saturated carbocycles. The molecule has 0 N–H and O–H groups in total. The van der Waals surface area contributed by atoms with Gasteiger partial charge in [0.1, 0.15) is 6.61 Å². The average Bonchev–Trinajstić information content (AvgIpc) is 2.53. The molecule has 0 atom stereocenters. The lowest BCUT2D eigenvalue weighted by atomic mass is 10.4. The summed E-state index contributed by atoms with van der Waals surface area (Å²) in [4.78, 5) is 10.8. The highest BCUT2D eigenvalue weighted by molar-refractivity contribution is 7.81. The van der Waals surface area contributed by atoms with Gasteiger partial charge >= 0.3 is 5.97 Å². The summed E-state index contributed by atoms with van der Waals surface area (Å²) in [5, 5.41) is 1.52. The van der Waals surface area contributed by atoms with Crippen LogP contribution in [0.3, 0.4) is 0 Å². The van der Waals surface area contributed by atoms with Gasteiger partial charge in [0.15, 0.2) is 7.14 Å². The SMILES string of the molecule is CC(=O)OC/C=C/P(=O)(c1ccccc1)c1ccccc1. The third-order valence-electron chi connectivity index (χ3n) is 2.98. The van der Waals surface area contributed by atoms with E-state index < -0.39 is 7.14 Å². The zero-order valence-electron chi connectivity index (χ0n) is 11.8. The first-order valence-corrected chi connectivity index (χ1v) is 8.42. The first-order valence-electron chi connectivity index (χ1n) is 6.65. The van der Waals surface area contributed by atoms with Crippen LogP contribution in [0.2, 0.25) is 0 Å². The summed E-state index contributed by atoms with van der Waals surface area (Å²) in [6.07, 6.45) is 1.64. The Bertz CT molecular complexity index is 619. The fourth-order valence-electron chi connectivity index (χ4n) is 1.98. The van der Waals surface area contributed by atoms with Crippen molar-refractivity contribution in [3.63, 3.8) is 0 Å². The molecular formula is C17H17O3P. The Morgan fingerprint density at radius 2 is 1.48 bits per heavy atom. The van der Waals surface area contributed by atoms with Crippen LogP contribution in [0.25, 0.3) is 0 Å².